The number of carboxylic acids is 1. The van der Waals surface area contributed by atoms with Crippen molar-refractivity contribution in [2.75, 3.05) is 0 Å². The smallest absolute Gasteiger partial charge is 0.340 e. The van der Waals surface area contributed by atoms with E-state index in [1.807, 2.05) is 78.9 Å². The summed E-state index contributed by atoms with van der Waals surface area (Å²) >= 11 is 36.0. The number of nitrogens with zero attached hydrogens (tertiary/aromatic N) is 13. The van der Waals surface area contributed by atoms with Gasteiger partial charge in [0.2, 0.25) is 5.95 Å². The Hall–Kier alpha value is -11.6. The summed E-state index contributed by atoms with van der Waals surface area (Å²) in [6.07, 6.45) is 13.8. The van der Waals surface area contributed by atoms with Gasteiger partial charge in [-0.25, -0.2) is 18.6 Å². The number of carbonyl (C=O) groups is 3. The van der Waals surface area contributed by atoms with Crippen LogP contribution in [-0.4, -0.2) is 87.1 Å². The van der Waals surface area contributed by atoms with Crippen LogP contribution in [0.5, 0.6) is 0 Å². The molecule has 8 N–H and O–H groups in total. The van der Waals surface area contributed by atoms with Gasteiger partial charge in [0.1, 0.15) is 41.1 Å². The van der Waals surface area contributed by atoms with Crippen molar-refractivity contribution < 1.29 is 32.7 Å². The Morgan fingerprint density at radius 3 is 1.24 bits per heavy atom. The quantitative estimate of drug-likeness (QED) is 0.0498. The minimum absolute atomic E-state index is 0. The molecule has 15 aromatic rings. The number of hydrogen-bond donors (Lipinski definition) is 7. The maximum absolute atomic E-state index is 14.4. The van der Waals surface area contributed by atoms with Crippen LogP contribution in [0.4, 0.5) is 13.2 Å². The third-order valence-corrected chi connectivity index (χ3v) is 17.4. The number of nitriles is 3. The number of hydrogen-bond acceptors (Lipinski definition) is 14. The van der Waals surface area contributed by atoms with E-state index in [1.54, 1.807) is 67.5 Å². The summed E-state index contributed by atoms with van der Waals surface area (Å²) in [6.45, 7) is 0.997. The van der Waals surface area contributed by atoms with Crippen LogP contribution in [0.2, 0.25) is 30.1 Å². The van der Waals surface area contributed by atoms with Crippen LogP contribution in [0.1, 0.15) is 81.5 Å². The fourth-order valence-corrected chi connectivity index (χ4v) is 12.0. The van der Waals surface area contributed by atoms with Crippen LogP contribution >= 0.6 is 82.0 Å². The van der Waals surface area contributed by atoms with Gasteiger partial charge in [-0.15, -0.1) is 12.4 Å². The van der Waals surface area contributed by atoms with Crippen molar-refractivity contribution >= 4 is 165 Å². The molecule has 0 saturated carbocycles. The number of amides is 2. The molecule has 104 heavy (non-hydrogen) atoms. The van der Waals surface area contributed by atoms with Gasteiger partial charge >= 0.3 is 5.97 Å². The second-order valence-electron chi connectivity index (χ2n) is 22.7. The molecule has 0 radical (unpaired) electrons. The van der Waals surface area contributed by atoms with Gasteiger partial charge < -0.3 is 36.4 Å². The van der Waals surface area contributed by atoms with Crippen LogP contribution in [0.25, 0.3) is 65.5 Å². The molecule has 0 saturated heterocycles. The maximum atomic E-state index is 14.4. The molecule has 0 bridgehead atoms. The standard InChI is InChI=1S/2C24H15Cl2FN6O.C15H9ClN4O2.C8H7ClFN3.ClH/c2*25-16-4-14-3-13(1-2-21(14)29-9-16)11-33-12-18(23(7-28)32-33)24(34)31-8-15-5-17-19(26)10-30-22(17)6-20(15)27;16-11-4-10-3-9(1-2-13(10)18-6-11)7-20-8-12(15(21)22)14(5-17)19-20;9-6-3-12-8-5(6)1-4(2-11)7(10)13-8;/h2*1-6,9-10,12,30H,8,11H2,(H,31,34);1-4,6,8H,7H2,(H,21,22);1,3H,2,11H2,(H,12,13);1H. The number of aromatic nitrogens is 13. The Balaban J connectivity index is 0.000000146. The number of fused-ring (bicyclic) bond motifs is 6. The molecule has 15 rings (SSSR count). The fraction of sp³-hybridized carbons (Fsp3) is 0.0845. The van der Waals surface area contributed by atoms with E-state index in [0.717, 1.165) is 49.4 Å². The number of carbonyl (C=O) groups excluding carboxylic acids is 2. The first-order valence-electron chi connectivity index (χ1n) is 30.4. The van der Waals surface area contributed by atoms with E-state index in [2.05, 4.69) is 60.8 Å². The Kier molecular flexibility index (Phi) is 22.8. The largest absolute Gasteiger partial charge is 0.478 e. The molecular weight excluding hydrogens is 1490 g/mol. The molecule has 0 atom stereocenters. The average Bonchev–Trinajstić information content (AvgIpc) is 1.33. The summed E-state index contributed by atoms with van der Waals surface area (Å²) in [4.78, 5) is 61.5. The number of rotatable bonds is 14. The first kappa shape index (κ1) is 73.6. The number of benzene rings is 5. The van der Waals surface area contributed by atoms with Gasteiger partial charge in [-0.05, 0) is 102 Å². The van der Waals surface area contributed by atoms with Crippen LogP contribution in [0, 0.1) is 51.6 Å². The van der Waals surface area contributed by atoms with E-state index in [1.165, 1.54) is 44.8 Å². The van der Waals surface area contributed by atoms with Gasteiger partial charge in [-0.1, -0.05) is 87.8 Å². The molecule has 0 unspecified atom stereocenters. The molecule has 520 valence electrons. The summed E-state index contributed by atoms with van der Waals surface area (Å²) < 4.78 is 46.4. The molecular formula is C71H47Cl7F3N19O4. The van der Waals surface area contributed by atoms with Crippen molar-refractivity contribution in [3.63, 3.8) is 0 Å². The van der Waals surface area contributed by atoms with Gasteiger partial charge in [-0.3, -0.25) is 38.6 Å². The number of nitrogens with one attached hydrogen (secondary N) is 5. The monoisotopic (exact) mass is 1530 g/mol. The lowest BCUT2D eigenvalue weighted by atomic mass is 10.1. The zero-order valence-electron chi connectivity index (χ0n) is 53.1. The normalized spacial score (nSPS) is 10.9. The third kappa shape index (κ3) is 16.8. The Labute approximate surface area is 621 Å². The van der Waals surface area contributed by atoms with Crippen molar-refractivity contribution in [2.45, 2.75) is 39.3 Å². The Morgan fingerprint density at radius 1 is 0.500 bits per heavy atom. The minimum Gasteiger partial charge on any atom is -0.478 e. The van der Waals surface area contributed by atoms with Gasteiger partial charge in [0.15, 0.2) is 17.1 Å². The fourth-order valence-electron chi connectivity index (χ4n) is 10.9. The number of pyridine rings is 4. The summed E-state index contributed by atoms with van der Waals surface area (Å²) in [5.74, 6) is -3.73. The van der Waals surface area contributed by atoms with Gasteiger partial charge in [0.05, 0.1) is 77.4 Å². The molecule has 10 aromatic heterocycles. The minimum atomic E-state index is -1.17. The highest BCUT2D eigenvalue weighted by Gasteiger charge is 2.21. The number of nitrogens with two attached hydrogens (primary N) is 1. The average molecular weight is 1540 g/mol. The molecule has 0 spiro atoms. The molecule has 0 aliphatic rings. The van der Waals surface area contributed by atoms with Crippen LogP contribution < -0.4 is 16.4 Å². The number of carboxylic acid groups (broad SMARTS) is 1. The topological polar surface area (TPSA) is 345 Å². The lowest BCUT2D eigenvalue weighted by molar-refractivity contribution is 0.0695. The molecule has 0 aliphatic carbocycles. The van der Waals surface area contributed by atoms with Crippen molar-refractivity contribution in [1.29, 1.82) is 15.8 Å². The second-order valence-corrected chi connectivity index (χ2v) is 25.3. The highest BCUT2D eigenvalue weighted by atomic mass is 35.5. The molecule has 23 nitrogen and oxygen atoms in total. The maximum Gasteiger partial charge on any atom is 0.340 e. The zero-order valence-corrected chi connectivity index (χ0v) is 58.5. The van der Waals surface area contributed by atoms with E-state index >= 15 is 0 Å². The molecule has 0 fully saturated rings. The number of H-pyrrole nitrogens is 3. The van der Waals surface area contributed by atoms with Gasteiger partial charge in [0, 0.05) is 135 Å². The van der Waals surface area contributed by atoms with Gasteiger partial charge in [-0.2, -0.15) is 35.5 Å². The second kappa shape index (κ2) is 32.2. The van der Waals surface area contributed by atoms with E-state index in [9.17, 15) is 38.1 Å². The Morgan fingerprint density at radius 2 is 0.865 bits per heavy atom. The lowest BCUT2D eigenvalue weighted by Crippen LogP contribution is -2.23. The van der Waals surface area contributed by atoms with Crippen LogP contribution in [-0.2, 0) is 39.3 Å². The van der Waals surface area contributed by atoms with Crippen molar-refractivity contribution in [2.24, 2.45) is 5.73 Å². The van der Waals surface area contributed by atoms with E-state index in [0.29, 0.717) is 88.2 Å². The molecule has 33 heteroatoms. The van der Waals surface area contributed by atoms with Gasteiger partial charge in [0.25, 0.3) is 11.8 Å². The summed E-state index contributed by atoms with van der Waals surface area (Å²) in [6, 6.07) is 35.5. The van der Waals surface area contributed by atoms with E-state index in [4.69, 9.17) is 85.7 Å². The van der Waals surface area contributed by atoms with Crippen LogP contribution in [0.3, 0.4) is 0 Å². The zero-order chi connectivity index (χ0) is 72.8. The van der Waals surface area contributed by atoms with Crippen LogP contribution in [0.15, 0.2) is 159 Å². The molecule has 0 aliphatic heterocycles. The summed E-state index contributed by atoms with van der Waals surface area (Å²) in [5, 5.41) is 62.3. The highest BCUT2D eigenvalue weighted by Crippen LogP contribution is 2.30. The lowest BCUT2D eigenvalue weighted by Gasteiger charge is -2.06. The first-order chi connectivity index (χ1) is 49.6. The third-order valence-electron chi connectivity index (χ3n) is 15.8. The number of aromatic carboxylic acids is 1. The Bertz CT molecular complexity index is 5750. The van der Waals surface area contributed by atoms with E-state index < -0.39 is 35.4 Å². The number of halogens is 10. The first-order valence-corrected chi connectivity index (χ1v) is 32.6. The predicted octanol–water partition coefficient (Wildman–Crippen LogP) is 15.4. The predicted molar refractivity (Wildman–Crippen MR) is 390 cm³/mol. The van der Waals surface area contributed by atoms with Crippen molar-refractivity contribution in [3.05, 3.63) is 274 Å². The van der Waals surface area contributed by atoms with E-state index in [-0.39, 0.29) is 76.9 Å². The summed E-state index contributed by atoms with van der Waals surface area (Å²) in [5.41, 5.74) is 12.9. The summed E-state index contributed by atoms with van der Waals surface area (Å²) in [7, 11) is 0. The molecule has 2 amide bonds. The SMILES string of the molecule is Cl.N#Cc1nn(Cc2ccc3ncc(Cl)cc3c2)cc1C(=O)NCc1cc2c(Cl)c[nH]c2cc1F.N#Cc1nn(Cc2ccc3ncc(Cl)cc3c2)cc1C(=O)NCc1cc2c(Cl)c[nH]c2cc1F.N#Cc1nn(Cc2ccc3ncc(Cl)cc3c2)cc1C(=O)O.NCc1cc2c(Cl)c[nH]c2nc1F. The molecule has 10 heterocycles. The van der Waals surface area contributed by atoms with Crippen molar-refractivity contribution in [1.82, 2.24) is 74.9 Å². The number of aromatic amines is 3. The van der Waals surface area contributed by atoms with Crippen molar-refractivity contribution in [3.8, 4) is 18.2 Å². The highest BCUT2D eigenvalue weighted by molar-refractivity contribution is 6.36. The molecule has 5 aromatic carbocycles.